The van der Waals surface area contributed by atoms with Crippen LogP contribution in [0, 0.1) is 11.6 Å². The Kier molecular flexibility index (Phi) is 6.04. The first-order valence-corrected chi connectivity index (χ1v) is 13.6. The van der Waals surface area contributed by atoms with Gasteiger partial charge in [-0.2, -0.15) is 19.7 Å². The zero-order chi connectivity index (χ0) is 27.5. The maximum atomic E-state index is 15.0. The van der Waals surface area contributed by atoms with E-state index in [4.69, 9.17) is 9.72 Å². The van der Waals surface area contributed by atoms with Crippen LogP contribution in [0.1, 0.15) is 25.7 Å². The highest BCUT2D eigenvalue weighted by Gasteiger charge is 2.34. The minimum absolute atomic E-state index is 0.0500. The molecule has 2 aromatic carbocycles. The van der Waals surface area contributed by atoms with E-state index < -0.39 is 17.2 Å². The van der Waals surface area contributed by atoms with Crippen LogP contribution in [0.2, 0.25) is 0 Å². The number of benzene rings is 2. The summed E-state index contributed by atoms with van der Waals surface area (Å²) in [5, 5.41) is 18.8. The number of likely N-dealkylation sites (N-methyl/N-ethyl adjacent to an activating group) is 1. The van der Waals surface area contributed by atoms with Gasteiger partial charge in [0.2, 0.25) is 0 Å². The van der Waals surface area contributed by atoms with E-state index >= 15 is 0 Å². The number of rotatable bonds is 5. The smallest absolute Gasteiger partial charge is 0.319 e. The Balaban J connectivity index is 1.39. The summed E-state index contributed by atoms with van der Waals surface area (Å²) in [6.07, 6.45) is 5.70. The molecular weight excluding hydrogens is 520 g/mol. The van der Waals surface area contributed by atoms with Gasteiger partial charge in [0.05, 0.1) is 17.3 Å². The van der Waals surface area contributed by atoms with Crippen LogP contribution >= 0.6 is 0 Å². The summed E-state index contributed by atoms with van der Waals surface area (Å²) in [5.74, 6) is -1.86. The van der Waals surface area contributed by atoms with Crippen molar-refractivity contribution < 1.29 is 18.6 Å². The zero-order valence-electron chi connectivity index (χ0n) is 22.0. The molecule has 0 amide bonds. The second-order valence-electron chi connectivity index (χ2n) is 11.0. The van der Waals surface area contributed by atoms with Gasteiger partial charge in [-0.25, -0.2) is 8.78 Å². The van der Waals surface area contributed by atoms with Crippen molar-refractivity contribution in [2.24, 2.45) is 0 Å². The predicted molar refractivity (Wildman–Crippen MR) is 145 cm³/mol. The summed E-state index contributed by atoms with van der Waals surface area (Å²) in [6, 6.07) is 5.77. The molecule has 7 rings (SSSR count). The van der Waals surface area contributed by atoms with Crippen LogP contribution in [-0.4, -0.2) is 81.2 Å². The van der Waals surface area contributed by atoms with Gasteiger partial charge in [0.25, 0.3) is 5.56 Å². The fourth-order valence-electron chi connectivity index (χ4n) is 6.32. The first-order chi connectivity index (χ1) is 19.4. The molecule has 2 aromatic heterocycles. The number of piperazine rings is 1. The number of hydrogen-bond donors (Lipinski definition) is 2. The Morgan fingerprint density at radius 3 is 2.67 bits per heavy atom. The fourth-order valence-corrected chi connectivity index (χ4v) is 6.32. The van der Waals surface area contributed by atoms with Gasteiger partial charge < -0.3 is 25.0 Å². The van der Waals surface area contributed by atoms with Crippen molar-refractivity contribution in [2.45, 2.75) is 43.8 Å². The van der Waals surface area contributed by atoms with E-state index in [-0.39, 0.29) is 39.8 Å². The second-order valence-corrected chi connectivity index (χ2v) is 11.0. The third-order valence-electron chi connectivity index (χ3n) is 8.39. The van der Waals surface area contributed by atoms with Crippen molar-refractivity contribution in [3.63, 3.8) is 0 Å². The highest BCUT2D eigenvalue weighted by atomic mass is 19.2. The second kappa shape index (κ2) is 9.63. The highest BCUT2D eigenvalue weighted by molar-refractivity contribution is 5.93. The highest BCUT2D eigenvalue weighted by Crippen LogP contribution is 2.32. The van der Waals surface area contributed by atoms with E-state index in [1.54, 1.807) is 0 Å². The summed E-state index contributed by atoms with van der Waals surface area (Å²) < 4.78 is 36.2. The number of phenolic OH excluding ortho intramolecular Hbond substituents is 1. The molecule has 3 aliphatic rings. The van der Waals surface area contributed by atoms with Crippen molar-refractivity contribution in [1.82, 2.24) is 30.0 Å². The van der Waals surface area contributed by atoms with Gasteiger partial charge in [-0.05, 0) is 56.8 Å². The molecule has 40 heavy (non-hydrogen) atoms. The quantitative estimate of drug-likeness (QED) is 0.389. The lowest BCUT2D eigenvalue weighted by Crippen LogP contribution is -2.51. The van der Waals surface area contributed by atoms with E-state index in [1.165, 1.54) is 24.4 Å². The molecule has 0 unspecified atom stereocenters. The lowest BCUT2D eigenvalue weighted by atomic mass is 10.1. The number of nitrogens with one attached hydrogen (secondary N) is 1. The third-order valence-corrected chi connectivity index (χ3v) is 8.39. The van der Waals surface area contributed by atoms with Gasteiger partial charge >= 0.3 is 6.01 Å². The molecule has 12 heteroatoms. The first kappa shape index (κ1) is 25.1. The fraction of sp³-hybridized carbons (Fsp3) is 0.429. The molecule has 3 aliphatic heterocycles. The van der Waals surface area contributed by atoms with Crippen LogP contribution in [0.25, 0.3) is 27.4 Å². The number of hydrogen-bond acceptors (Lipinski definition) is 9. The first-order valence-electron chi connectivity index (χ1n) is 13.6. The molecule has 2 bridgehead atoms. The number of likely N-dealkylation sites (tertiary alicyclic amines) is 1. The van der Waals surface area contributed by atoms with Crippen LogP contribution in [0.5, 0.6) is 11.8 Å². The molecule has 10 nitrogen and oxygen atoms in total. The van der Waals surface area contributed by atoms with Gasteiger partial charge in [-0.15, -0.1) is 0 Å². The maximum Gasteiger partial charge on any atom is 0.319 e. The normalized spacial score (nSPS) is 23.0. The number of aromatic hydroxyl groups is 1. The molecule has 5 heterocycles. The number of nitrogens with zero attached hydrogens (tertiary/aromatic N) is 6. The molecule has 208 valence electrons. The summed E-state index contributed by atoms with van der Waals surface area (Å²) in [7, 11) is 2.05. The molecule has 0 aliphatic carbocycles. The number of phenols is 1. The summed E-state index contributed by atoms with van der Waals surface area (Å²) in [4.78, 5) is 27.6. The Morgan fingerprint density at radius 2 is 1.93 bits per heavy atom. The van der Waals surface area contributed by atoms with E-state index in [0.717, 1.165) is 56.1 Å². The van der Waals surface area contributed by atoms with Crippen LogP contribution in [0.4, 0.5) is 14.6 Å². The van der Waals surface area contributed by atoms with E-state index in [2.05, 4.69) is 32.2 Å². The zero-order valence-corrected chi connectivity index (χ0v) is 22.0. The SMILES string of the molecule is CN1CCC[C@H]1COc1nc(N2C[C@H]3CC[C@@H](C2)N3)c2cnn(-c3cc(O)cc4ccc(F)c(F)c34)c(=O)c2n1. The van der Waals surface area contributed by atoms with Gasteiger partial charge in [0, 0.05) is 42.7 Å². The molecule has 3 atom stereocenters. The molecule has 0 radical (unpaired) electrons. The maximum absolute atomic E-state index is 15.0. The number of anilines is 1. The molecule has 2 N–H and O–H groups in total. The van der Waals surface area contributed by atoms with Crippen LogP contribution < -0.4 is 20.5 Å². The molecule has 3 fully saturated rings. The minimum atomic E-state index is -1.13. The van der Waals surface area contributed by atoms with E-state index in [9.17, 15) is 18.7 Å². The number of aromatic nitrogens is 4. The third kappa shape index (κ3) is 4.22. The lowest BCUT2D eigenvalue weighted by Gasteiger charge is -2.34. The van der Waals surface area contributed by atoms with Crippen LogP contribution in [0.15, 0.2) is 35.3 Å². The Morgan fingerprint density at radius 1 is 1.12 bits per heavy atom. The summed E-state index contributed by atoms with van der Waals surface area (Å²) >= 11 is 0. The molecule has 0 spiro atoms. The standard InChI is InChI=1S/C28H29F2N7O3/c1-35-8-2-3-18(35)14-40-28-33-25-20(26(34-28)36-12-16-5-6-17(13-36)32-16)11-31-37(27(25)39)22-10-19(38)9-15-4-7-21(29)24(30)23(15)22/h4,7,9-11,16-18,32,38H,2-3,5-6,8,12-14H2,1H3/t16-,17+,18-/m0/s1. The predicted octanol–water partition coefficient (Wildman–Crippen LogP) is 2.73. The average molecular weight is 550 g/mol. The van der Waals surface area contributed by atoms with Crippen molar-refractivity contribution in [2.75, 3.05) is 38.2 Å². The van der Waals surface area contributed by atoms with Crippen molar-refractivity contribution in [1.29, 1.82) is 0 Å². The molecule has 0 saturated carbocycles. The van der Waals surface area contributed by atoms with Gasteiger partial charge in [-0.3, -0.25) is 4.79 Å². The van der Waals surface area contributed by atoms with E-state index in [0.29, 0.717) is 29.9 Å². The van der Waals surface area contributed by atoms with Gasteiger partial charge in [0.15, 0.2) is 11.6 Å². The van der Waals surface area contributed by atoms with Gasteiger partial charge in [-0.1, -0.05) is 6.07 Å². The Hall–Kier alpha value is -3.90. The largest absolute Gasteiger partial charge is 0.508 e. The van der Waals surface area contributed by atoms with Crippen molar-refractivity contribution in [3.8, 4) is 17.4 Å². The minimum Gasteiger partial charge on any atom is -0.508 e. The number of ether oxygens (including phenoxy) is 1. The Labute approximate surface area is 228 Å². The number of fused-ring (bicyclic) bond motifs is 4. The summed E-state index contributed by atoms with van der Waals surface area (Å²) in [6.45, 7) is 2.82. The monoisotopic (exact) mass is 549 g/mol. The van der Waals surface area contributed by atoms with Gasteiger partial charge in [0.1, 0.15) is 23.7 Å². The molecule has 4 aromatic rings. The lowest BCUT2D eigenvalue weighted by molar-refractivity contribution is 0.188. The van der Waals surface area contributed by atoms with Crippen LogP contribution in [0.3, 0.4) is 0 Å². The molecular formula is C28H29F2N7O3. The average Bonchev–Trinajstić information content (AvgIpc) is 3.52. The topological polar surface area (TPSA) is 109 Å². The van der Waals surface area contributed by atoms with Crippen molar-refractivity contribution in [3.05, 3.63) is 52.5 Å². The molecule has 3 saturated heterocycles. The number of halogens is 2. The van der Waals surface area contributed by atoms with Crippen molar-refractivity contribution >= 4 is 27.5 Å². The Bertz CT molecular complexity index is 1680. The summed E-state index contributed by atoms with van der Waals surface area (Å²) in [5.41, 5.74) is -0.694. The van der Waals surface area contributed by atoms with Crippen LogP contribution in [-0.2, 0) is 0 Å². The van der Waals surface area contributed by atoms with E-state index in [1.807, 2.05) is 0 Å².